The lowest BCUT2D eigenvalue weighted by Crippen LogP contribution is -2.21. The topological polar surface area (TPSA) is 34.9 Å². The van der Waals surface area contributed by atoms with Crippen molar-refractivity contribution in [2.75, 3.05) is 0 Å². The average molecular weight is 382 g/mol. The zero-order valence-electron chi connectivity index (χ0n) is 15.1. The molecule has 2 heterocycles. The molecule has 3 nitrogen and oxygen atoms in total. The molecule has 1 aliphatic rings. The monoisotopic (exact) mass is 382 g/mol. The van der Waals surface area contributed by atoms with Gasteiger partial charge in [0, 0.05) is 6.54 Å². The van der Waals surface area contributed by atoms with Crippen LogP contribution in [0.3, 0.4) is 0 Å². The fraction of sp³-hybridized carbons (Fsp3) is 0.182. The van der Waals surface area contributed by atoms with Crippen LogP contribution in [0.2, 0.25) is 0 Å². The molecule has 4 rings (SSSR count). The highest BCUT2D eigenvalue weighted by Gasteiger charge is 2.31. The summed E-state index contributed by atoms with van der Waals surface area (Å²) in [5.74, 6) is 0.442. The Morgan fingerprint density at radius 2 is 1.89 bits per heavy atom. The Balaban J connectivity index is 1.80. The van der Waals surface area contributed by atoms with Crippen LogP contribution in [0.5, 0.6) is 0 Å². The number of rotatable bonds is 2. The molecule has 3 aromatic rings. The molecule has 2 aromatic carbocycles. The number of allylic oxidation sites excluding steroid dienone is 3. The van der Waals surface area contributed by atoms with E-state index in [0.717, 1.165) is 28.8 Å². The summed E-state index contributed by atoms with van der Waals surface area (Å²) in [6.07, 6.45) is 0.0949. The summed E-state index contributed by atoms with van der Waals surface area (Å²) in [5.41, 5.74) is 1.84. The van der Waals surface area contributed by atoms with Crippen molar-refractivity contribution in [3.05, 3.63) is 87.5 Å². The summed E-state index contributed by atoms with van der Waals surface area (Å²) in [7, 11) is 0. The smallest absolute Gasteiger partial charge is 0.292 e. The molecule has 0 spiro atoms. The van der Waals surface area contributed by atoms with Gasteiger partial charge in [-0.25, -0.2) is 4.98 Å². The largest absolute Gasteiger partial charge is 0.416 e. The number of fused-ring (bicyclic) bond motifs is 2. The summed E-state index contributed by atoms with van der Waals surface area (Å²) in [6.45, 7) is 2.42. The maximum Gasteiger partial charge on any atom is 0.416 e. The minimum absolute atomic E-state index is 0.0727. The summed E-state index contributed by atoms with van der Waals surface area (Å²) in [6, 6.07) is 12.9. The third kappa shape index (κ3) is 3.38. The Morgan fingerprint density at radius 1 is 1.14 bits per heavy atom. The minimum Gasteiger partial charge on any atom is -0.292 e. The van der Waals surface area contributed by atoms with Gasteiger partial charge in [-0.05, 0) is 42.7 Å². The predicted molar refractivity (Wildman–Crippen MR) is 104 cm³/mol. The van der Waals surface area contributed by atoms with Crippen LogP contribution in [0.4, 0.5) is 13.2 Å². The first-order valence-electron chi connectivity index (χ1n) is 8.89. The van der Waals surface area contributed by atoms with E-state index in [2.05, 4.69) is 4.98 Å². The molecule has 0 radical (unpaired) electrons. The second-order valence-corrected chi connectivity index (χ2v) is 6.84. The molecule has 142 valence electrons. The molecule has 1 aliphatic heterocycles. The van der Waals surface area contributed by atoms with Crippen LogP contribution < -0.4 is 5.56 Å². The Bertz CT molecular complexity index is 1170. The van der Waals surface area contributed by atoms with Crippen molar-refractivity contribution in [1.82, 2.24) is 9.55 Å². The van der Waals surface area contributed by atoms with E-state index in [-0.39, 0.29) is 16.5 Å². The molecule has 28 heavy (non-hydrogen) atoms. The summed E-state index contributed by atoms with van der Waals surface area (Å²) >= 11 is 0. The molecule has 0 aliphatic carbocycles. The Labute approximate surface area is 159 Å². The first kappa shape index (κ1) is 18.2. The van der Waals surface area contributed by atoms with Gasteiger partial charge < -0.3 is 0 Å². The van der Waals surface area contributed by atoms with E-state index >= 15 is 0 Å². The second kappa shape index (κ2) is 6.78. The van der Waals surface area contributed by atoms with Gasteiger partial charge in [0.2, 0.25) is 0 Å². The second-order valence-electron chi connectivity index (χ2n) is 6.84. The molecule has 0 bridgehead atoms. The number of benzene rings is 2. The zero-order valence-corrected chi connectivity index (χ0v) is 15.1. The SMILES string of the molecule is CC(=C\c1ccccc1)/C=C1\CCn2c1nc1cc(C(F)(F)F)ccc1c2=O. The van der Waals surface area contributed by atoms with E-state index in [1.165, 1.54) is 10.6 Å². The van der Waals surface area contributed by atoms with Gasteiger partial charge in [0.15, 0.2) is 0 Å². The number of alkyl halides is 3. The Hall–Kier alpha value is -3.15. The lowest BCUT2D eigenvalue weighted by molar-refractivity contribution is -0.137. The first-order chi connectivity index (χ1) is 13.3. The van der Waals surface area contributed by atoms with Crippen molar-refractivity contribution < 1.29 is 13.2 Å². The quantitative estimate of drug-likeness (QED) is 0.602. The van der Waals surface area contributed by atoms with E-state index in [1.54, 1.807) is 0 Å². The standard InChI is InChI=1S/C22H17F3N2O/c1-14(11-15-5-3-2-4-6-15)12-16-9-10-27-20(16)26-19-13-17(22(23,24)25)7-8-18(19)21(27)28/h2-8,11-13H,9-10H2,1H3/b14-11+,16-12+. The number of aromatic nitrogens is 2. The average Bonchev–Trinajstić information content (AvgIpc) is 3.04. The zero-order chi connectivity index (χ0) is 19.9. The highest BCUT2D eigenvalue weighted by atomic mass is 19.4. The summed E-state index contributed by atoms with van der Waals surface area (Å²) < 4.78 is 40.6. The number of hydrogen-bond acceptors (Lipinski definition) is 2. The maximum atomic E-state index is 13.0. The van der Waals surface area contributed by atoms with Crippen LogP contribution in [-0.2, 0) is 12.7 Å². The molecule has 0 unspecified atom stereocenters. The van der Waals surface area contributed by atoms with Gasteiger partial charge in [0.25, 0.3) is 5.56 Å². The van der Waals surface area contributed by atoms with Crippen LogP contribution >= 0.6 is 0 Å². The molecular weight excluding hydrogens is 365 g/mol. The fourth-order valence-corrected chi connectivity index (χ4v) is 3.46. The van der Waals surface area contributed by atoms with Crippen LogP contribution in [-0.4, -0.2) is 9.55 Å². The number of halogens is 3. The van der Waals surface area contributed by atoms with Gasteiger partial charge >= 0.3 is 6.18 Å². The van der Waals surface area contributed by atoms with Gasteiger partial charge in [-0.3, -0.25) is 9.36 Å². The van der Waals surface area contributed by atoms with Crippen LogP contribution in [0.15, 0.2) is 65.0 Å². The third-order valence-electron chi connectivity index (χ3n) is 4.77. The van der Waals surface area contributed by atoms with Crippen LogP contribution in [0.25, 0.3) is 22.6 Å². The lowest BCUT2D eigenvalue weighted by Gasteiger charge is -2.09. The maximum absolute atomic E-state index is 13.0. The molecule has 0 atom stereocenters. The van der Waals surface area contributed by atoms with E-state index in [1.807, 2.05) is 49.4 Å². The van der Waals surface area contributed by atoms with Crippen LogP contribution in [0.1, 0.15) is 30.3 Å². The lowest BCUT2D eigenvalue weighted by atomic mass is 10.1. The molecule has 0 N–H and O–H groups in total. The van der Waals surface area contributed by atoms with E-state index in [0.29, 0.717) is 18.8 Å². The van der Waals surface area contributed by atoms with Crippen molar-refractivity contribution in [2.24, 2.45) is 0 Å². The number of hydrogen-bond donors (Lipinski definition) is 0. The van der Waals surface area contributed by atoms with Gasteiger partial charge in [0.05, 0.1) is 16.5 Å². The molecule has 0 fully saturated rings. The van der Waals surface area contributed by atoms with Gasteiger partial charge in [-0.2, -0.15) is 13.2 Å². The van der Waals surface area contributed by atoms with E-state index in [9.17, 15) is 18.0 Å². The normalized spacial score (nSPS) is 16.0. The molecule has 1 aromatic heterocycles. The van der Waals surface area contributed by atoms with Crippen molar-refractivity contribution in [1.29, 1.82) is 0 Å². The highest BCUT2D eigenvalue weighted by molar-refractivity contribution is 5.81. The number of nitrogens with zero attached hydrogens (tertiary/aromatic N) is 2. The Morgan fingerprint density at radius 3 is 2.61 bits per heavy atom. The fourth-order valence-electron chi connectivity index (χ4n) is 3.46. The molecule has 0 saturated heterocycles. The van der Waals surface area contributed by atoms with Crippen molar-refractivity contribution in [3.63, 3.8) is 0 Å². The molecule has 0 saturated carbocycles. The highest BCUT2D eigenvalue weighted by Crippen LogP contribution is 2.32. The van der Waals surface area contributed by atoms with Gasteiger partial charge in [-0.15, -0.1) is 0 Å². The predicted octanol–water partition coefficient (Wildman–Crippen LogP) is 5.31. The molecule has 0 amide bonds. The van der Waals surface area contributed by atoms with E-state index in [4.69, 9.17) is 0 Å². The minimum atomic E-state index is -4.47. The van der Waals surface area contributed by atoms with Gasteiger partial charge in [0.1, 0.15) is 5.82 Å². The third-order valence-corrected chi connectivity index (χ3v) is 4.77. The van der Waals surface area contributed by atoms with E-state index < -0.39 is 11.7 Å². The van der Waals surface area contributed by atoms with Crippen LogP contribution in [0, 0.1) is 0 Å². The first-order valence-corrected chi connectivity index (χ1v) is 8.89. The molecular formula is C22H17F3N2O. The molecule has 6 heteroatoms. The summed E-state index contributed by atoms with van der Waals surface area (Å²) in [4.78, 5) is 17.1. The van der Waals surface area contributed by atoms with Crippen molar-refractivity contribution in [2.45, 2.75) is 26.1 Å². The Kier molecular flexibility index (Phi) is 4.41. The van der Waals surface area contributed by atoms with Gasteiger partial charge in [-0.1, -0.05) is 48.1 Å². The summed E-state index contributed by atoms with van der Waals surface area (Å²) in [5, 5.41) is 0.203. The van der Waals surface area contributed by atoms with Crippen molar-refractivity contribution in [3.8, 4) is 0 Å². The van der Waals surface area contributed by atoms with Crippen molar-refractivity contribution >= 4 is 22.6 Å².